The molecule has 1 N–H and O–H groups in total. The quantitative estimate of drug-likeness (QED) is 0.803. The average molecular weight is 254 g/mol. The zero-order chi connectivity index (χ0) is 13.5. The van der Waals surface area contributed by atoms with Crippen LogP contribution in [0.3, 0.4) is 0 Å². The zero-order valence-corrected chi connectivity index (χ0v) is 11.7. The maximum absolute atomic E-state index is 8.91. The van der Waals surface area contributed by atoms with Gasteiger partial charge in [0.2, 0.25) is 0 Å². The molecule has 0 amide bonds. The minimum absolute atomic E-state index is 0.303. The van der Waals surface area contributed by atoms with E-state index in [4.69, 9.17) is 5.26 Å². The Kier molecular flexibility index (Phi) is 5.18. The summed E-state index contributed by atoms with van der Waals surface area (Å²) < 4.78 is 0. The van der Waals surface area contributed by atoms with Crippen LogP contribution in [-0.2, 0) is 0 Å². The topological polar surface area (TPSA) is 35.8 Å². The number of nitrogens with one attached hydrogen (secondary N) is 1. The van der Waals surface area contributed by atoms with Gasteiger partial charge in [-0.1, -0.05) is 23.8 Å². The second kappa shape index (κ2) is 7.11. The summed E-state index contributed by atoms with van der Waals surface area (Å²) in [5.41, 5.74) is 3.54. The minimum atomic E-state index is 0.303. The van der Waals surface area contributed by atoms with Crippen LogP contribution in [0.5, 0.6) is 0 Å². The van der Waals surface area contributed by atoms with E-state index in [2.05, 4.69) is 30.5 Å². The van der Waals surface area contributed by atoms with Crippen molar-refractivity contribution in [2.24, 2.45) is 0 Å². The Bertz CT molecular complexity index is 482. The lowest BCUT2D eigenvalue weighted by molar-refractivity contribution is 0.562. The first-order valence-corrected chi connectivity index (χ1v) is 7.21. The molecular weight excluding hydrogens is 232 g/mol. The van der Waals surface area contributed by atoms with Gasteiger partial charge in [0.1, 0.15) is 0 Å². The van der Waals surface area contributed by atoms with Crippen molar-refractivity contribution in [1.82, 2.24) is 5.32 Å². The fraction of sp³-hybridized carbons (Fsp3) is 0.471. The van der Waals surface area contributed by atoms with Crippen LogP contribution in [-0.4, -0.2) is 6.54 Å². The normalized spacial score (nSPS) is 16.5. The molecule has 1 aliphatic rings. The van der Waals surface area contributed by atoms with Gasteiger partial charge in [-0.25, -0.2) is 0 Å². The van der Waals surface area contributed by atoms with Gasteiger partial charge < -0.3 is 5.32 Å². The van der Waals surface area contributed by atoms with Crippen molar-refractivity contribution in [2.75, 3.05) is 6.54 Å². The Labute approximate surface area is 116 Å². The first kappa shape index (κ1) is 13.8. The van der Waals surface area contributed by atoms with E-state index in [1.54, 1.807) is 5.57 Å². The van der Waals surface area contributed by atoms with Gasteiger partial charge in [0.25, 0.3) is 0 Å². The number of nitrogens with zero attached hydrogens (tertiary/aromatic N) is 1. The lowest BCUT2D eigenvalue weighted by Crippen LogP contribution is -2.20. The highest BCUT2D eigenvalue weighted by Crippen LogP contribution is 2.20. The van der Waals surface area contributed by atoms with Gasteiger partial charge in [0, 0.05) is 6.04 Å². The fourth-order valence-corrected chi connectivity index (χ4v) is 2.58. The lowest BCUT2D eigenvalue weighted by atomic mass is 9.97. The van der Waals surface area contributed by atoms with E-state index < -0.39 is 0 Å². The molecule has 1 aromatic rings. The van der Waals surface area contributed by atoms with Crippen molar-refractivity contribution in [1.29, 1.82) is 5.26 Å². The van der Waals surface area contributed by atoms with Crippen LogP contribution in [0, 0.1) is 11.3 Å². The number of hydrogen-bond donors (Lipinski definition) is 1. The van der Waals surface area contributed by atoms with Crippen LogP contribution in [0.1, 0.15) is 56.2 Å². The van der Waals surface area contributed by atoms with Gasteiger partial charge in [-0.2, -0.15) is 5.26 Å². The average Bonchev–Trinajstić information content (AvgIpc) is 2.48. The Balaban J connectivity index is 1.82. The third-order valence-electron chi connectivity index (χ3n) is 3.80. The molecule has 1 aliphatic carbocycles. The summed E-state index contributed by atoms with van der Waals surface area (Å²) >= 11 is 0. The van der Waals surface area contributed by atoms with Crippen molar-refractivity contribution in [3.05, 3.63) is 47.0 Å². The first-order chi connectivity index (χ1) is 9.29. The van der Waals surface area contributed by atoms with Crippen LogP contribution in [0.15, 0.2) is 35.9 Å². The molecule has 0 saturated carbocycles. The molecule has 19 heavy (non-hydrogen) atoms. The SMILES string of the molecule is CC(NCCC1=CCCCC1)c1cccc(C#N)c1. The molecular formula is C17H22N2. The van der Waals surface area contributed by atoms with E-state index in [1.165, 1.54) is 31.2 Å². The minimum Gasteiger partial charge on any atom is -0.310 e. The second-order valence-electron chi connectivity index (χ2n) is 5.27. The van der Waals surface area contributed by atoms with Gasteiger partial charge >= 0.3 is 0 Å². The molecule has 2 heteroatoms. The molecule has 1 atom stereocenters. The van der Waals surface area contributed by atoms with E-state index in [-0.39, 0.29) is 0 Å². The molecule has 1 unspecified atom stereocenters. The maximum atomic E-state index is 8.91. The number of benzene rings is 1. The second-order valence-corrected chi connectivity index (χ2v) is 5.27. The molecule has 0 radical (unpaired) electrons. The Hall–Kier alpha value is -1.59. The highest BCUT2D eigenvalue weighted by atomic mass is 14.9. The summed E-state index contributed by atoms with van der Waals surface area (Å²) in [6.45, 7) is 3.18. The third-order valence-corrected chi connectivity index (χ3v) is 3.80. The largest absolute Gasteiger partial charge is 0.310 e. The predicted molar refractivity (Wildman–Crippen MR) is 78.7 cm³/mol. The predicted octanol–water partition coefficient (Wildman–Crippen LogP) is 4.10. The fourth-order valence-electron chi connectivity index (χ4n) is 2.58. The Morgan fingerprint density at radius 3 is 3.00 bits per heavy atom. The number of hydrogen-bond acceptors (Lipinski definition) is 2. The summed E-state index contributed by atoms with van der Waals surface area (Å²) in [5.74, 6) is 0. The van der Waals surface area contributed by atoms with Gasteiger partial charge in [0.05, 0.1) is 11.6 Å². The molecule has 0 spiro atoms. The molecule has 100 valence electrons. The Morgan fingerprint density at radius 1 is 1.37 bits per heavy atom. The van der Waals surface area contributed by atoms with Gasteiger partial charge in [-0.15, -0.1) is 0 Å². The number of allylic oxidation sites excluding steroid dienone is 1. The highest BCUT2D eigenvalue weighted by Gasteiger charge is 2.07. The maximum Gasteiger partial charge on any atom is 0.0991 e. The van der Waals surface area contributed by atoms with Crippen LogP contribution < -0.4 is 5.32 Å². The number of rotatable bonds is 5. The van der Waals surface area contributed by atoms with Crippen LogP contribution in [0.2, 0.25) is 0 Å². The van der Waals surface area contributed by atoms with Crippen molar-refractivity contribution >= 4 is 0 Å². The summed E-state index contributed by atoms with van der Waals surface area (Å²) in [5, 5.41) is 12.5. The van der Waals surface area contributed by atoms with Crippen LogP contribution in [0.4, 0.5) is 0 Å². The van der Waals surface area contributed by atoms with Crippen LogP contribution in [0.25, 0.3) is 0 Å². The summed E-state index contributed by atoms with van der Waals surface area (Å²) in [6.07, 6.45) is 8.81. The molecule has 0 heterocycles. The van der Waals surface area contributed by atoms with Crippen molar-refractivity contribution < 1.29 is 0 Å². The van der Waals surface area contributed by atoms with E-state index in [0.29, 0.717) is 6.04 Å². The standard InChI is InChI=1S/C17H22N2/c1-14(17-9-5-8-16(12-17)13-18)19-11-10-15-6-3-2-4-7-15/h5-6,8-9,12,14,19H,2-4,7,10-11H2,1H3. The molecule has 0 bridgehead atoms. The monoisotopic (exact) mass is 254 g/mol. The lowest BCUT2D eigenvalue weighted by Gasteiger charge is -2.17. The van der Waals surface area contributed by atoms with E-state index >= 15 is 0 Å². The smallest absolute Gasteiger partial charge is 0.0991 e. The Morgan fingerprint density at radius 2 is 2.26 bits per heavy atom. The molecule has 0 saturated heterocycles. The zero-order valence-electron chi connectivity index (χ0n) is 11.7. The van der Waals surface area contributed by atoms with E-state index in [0.717, 1.165) is 18.5 Å². The van der Waals surface area contributed by atoms with Crippen molar-refractivity contribution in [3.8, 4) is 6.07 Å². The van der Waals surface area contributed by atoms with Gasteiger partial charge in [-0.3, -0.25) is 0 Å². The van der Waals surface area contributed by atoms with E-state index in [1.807, 2.05) is 18.2 Å². The highest BCUT2D eigenvalue weighted by molar-refractivity contribution is 5.34. The number of nitriles is 1. The molecule has 0 aliphatic heterocycles. The van der Waals surface area contributed by atoms with Gasteiger partial charge in [0.15, 0.2) is 0 Å². The van der Waals surface area contributed by atoms with Crippen LogP contribution >= 0.6 is 0 Å². The molecule has 0 fully saturated rings. The first-order valence-electron chi connectivity index (χ1n) is 7.21. The third kappa shape index (κ3) is 4.22. The summed E-state index contributed by atoms with van der Waals surface area (Å²) in [7, 11) is 0. The molecule has 1 aromatic carbocycles. The molecule has 2 nitrogen and oxygen atoms in total. The summed E-state index contributed by atoms with van der Waals surface area (Å²) in [6, 6.07) is 10.4. The molecule has 2 rings (SSSR count). The van der Waals surface area contributed by atoms with Crippen molar-refractivity contribution in [3.63, 3.8) is 0 Å². The summed E-state index contributed by atoms with van der Waals surface area (Å²) in [4.78, 5) is 0. The van der Waals surface area contributed by atoms with E-state index in [9.17, 15) is 0 Å². The van der Waals surface area contributed by atoms with Gasteiger partial charge in [-0.05, 0) is 63.3 Å². The van der Waals surface area contributed by atoms with Crippen molar-refractivity contribution in [2.45, 2.75) is 45.1 Å². The molecule has 0 aromatic heterocycles.